The summed E-state index contributed by atoms with van der Waals surface area (Å²) in [5, 5.41) is 14.1. The molecule has 26 heavy (non-hydrogen) atoms. The van der Waals surface area contributed by atoms with E-state index in [4.69, 9.17) is 0 Å². The molecule has 0 fully saturated rings. The molecule has 134 valence electrons. The lowest BCUT2D eigenvalue weighted by Crippen LogP contribution is -2.11. The van der Waals surface area contributed by atoms with E-state index in [0.717, 1.165) is 17.9 Å². The van der Waals surface area contributed by atoms with E-state index in [1.165, 1.54) is 29.0 Å². The summed E-state index contributed by atoms with van der Waals surface area (Å²) in [4.78, 5) is 26.7. The summed E-state index contributed by atoms with van der Waals surface area (Å²) < 4.78 is 0.688. The Morgan fingerprint density at radius 3 is 2.81 bits per heavy atom. The van der Waals surface area contributed by atoms with Crippen LogP contribution in [0.5, 0.6) is 0 Å². The molecule has 1 aromatic heterocycles. The molecule has 0 aliphatic rings. The molecule has 0 unspecified atom stereocenters. The van der Waals surface area contributed by atoms with Gasteiger partial charge in [0.2, 0.25) is 5.91 Å². The van der Waals surface area contributed by atoms with Gasteiger partial charge in [-0.05, 0) is 23.8 Å². The lowest BCUT2D eigenvalue weighted by Gasteiger charge is -2.03. The first-order chi connectivity index (χ1) is 12.6. The maximum absolute atomic E-state index is 12.0. The fraction of sp³-hybridized carbons (Fsp3) is 0.222. The van der Waals surface area contributed by atoms with Crippen LogP contribution in [0.15, 0.2) is 48.5 Å². The number of nitro groups is 1. The Hall–Kier alpha value is -2.45. The van der Waals surface area contributed by atoms with E-state index >= 15 is 0 Å². The number of amides is 1. The molecule has 0 saturated carbocycles. The SMILES string of the molecule is O=C(CCCSCc1ccccc1)Nc1nc2ccc([N+](=O)[O-])cc2s1. The molecule has 6 nitrogen and oxygen atoms in total. The van der Waals surface area contributed by atoms with Crippen molar-refractivity contribution in [1.29, 1.82) is 0 Å². The van der Waals surface area contributed by atoms with Crippen molar-refractivity contribution in [2.45, 2.75) is 18.6 Å². The number of rotatable bonds is 8. The normalized spacial score (nSPS) is 10.8. The molecule has 1 heterocycles. The second-order valence-electron chi connectivity index (χ2n) is 5.62. The third-order valence-electron chi connectivity index (χ3n) is 3.63. The van der Waals surface area contributed by atoms with Crippen molar-refractivity contribution < 1.29 is 9.72 Å². The van der Waals surface area contributed by atoms with Crippen molar-refractivity contribution in [1.82, 2.24) is 4.98 Å². The number of non-ortho nitro benzene ring substituents is 1. The summed E-state index contributed by atoms with van der Waals surface area (Å²) in [5.74, 6) is 1.77. The number of hydrogen-bond donors (Lipinski definition) is 1. The first-order valence-corrected chi connectivity index (χ1v) is 10.1. The molecular weight excluding hydrogens is 370 g/mol. The molecule has 0 saturated heterocycles. The summed E-state index contributed by atoms with van der Waals surface area (Å²) in [7, 11) is 0. The molecule has 0 aliphatic heterocycles. The Morgan fingerprint density at radius 1 is 1.23 bits per heavy atom. The number of anilines is 1. The van der Waals surface area contributed by atoms with E-state index in [2.05, 4.69) is 22.4 Å². The molecule has 1 amide bonds. The predicted molar refractivity (Wildman–Crippen MR) is 107 cm³/mol. The number of nitrogens with one attached hydrogen (secondary N) is 1. The number of thioether (sulfide) groups is 1. The molecule has 1 N–H and O–H groups in total. The van der Waals surface area contributed by atoms with Crippen LogP contribution in [-0.4, -0.2) is 21.6 Å². The van der Waals surface area contributed by atoms with Gasteiger partial charge in [0.15, 0.2) is 5.13 Å². The van der Waals surface area contributed by atoms with E-state index in [0.29, 0.717) is 21.8 Å². The average Bonchev–Trinajstić information content (AvgIpc) is 3.03. The number of benzene rings is 2. The van der Waals surface area contributed by atoms with Crippen molar-refractivity contribution in [2.75, 3.05) is 11.1 Å². The van der Waals surface area contributed by atoms with Gasteiger partial charge >= 0.3 is 0 Å². The van der Waals surface area contributed by atoms with E-state index < -0.39 is 4.92 Å². The minimum atomic E-state index is -0.440. The van der Waals surface area contributed by atoms with E-state index in [9.17, 15) is 14.9 Å². The maximum atomic E-state index is 12.0. The van der Waals surface area contributed by atoms with E-state index in [1.807, 2.05) is 18.2 Å². The summed E-state index contributed by atoms with van der Waals surface area (Å²) in [6, 6.07) is 14.7. The van der Waals surface area contributed by atoms with Crippen LogP contribution in [0.3, 0.4) is 0 Å². The number of carbonyl (C=O) groups excluding carboxylic acids is 1. The zero-order valence-electron chi connectivity index (χ0n) is 13.9. The van der Waals surface area contributed by atoms with E-state index in [-0.39, 0.29) is 11.6 Å². The number of fused-ring (bicyclic) bond motifs is 1. The average molecular weight is 387 g/mol. The number of carbonyl (C=O) groups is 1. The van der Waals surface area contributed by atoms with Gasteiger partial charge in [-0.2, -0.15) is 11.8 Å². The number of nitrogens with zero attached hydrogens (tertiary/aromatic N) is 2. The molecule has 8 heteroatoms. The van der Waals surface area contributed by atoms with Crippen LogP contribution < -0.4 is 5.32 Å². The van der Waals surface area contributed by atoms with Gasteiger partial charge in [-0.3, -0.25) is 14.9 Å². The lowest BCUT2D eigenvalue weighted by molar-refractivity contribution is -0.384. The molecule has 0 radical (unpaired) electrons. The summed E-state index contributed by atoms with van der Waals surface area (Å²) in [5.41, 5.74) is 1.95. The Morgan fingerprint density at radius 2 is 2.04 bits per heavy atom. The Balaban J connectivity index is 1.44. The van der Waals surface area contributed by atoms with Crippen LogP contribution in [0.1, 0.15) is 18.4 Å². The van der Waals surface area contributed by atoms with Gasteiger partial charge in [-0.1, -0.05) is 41.7 Å². The second kappa shape index (κ2) is 8.77. The molecule has 0 atom stereocenters. The Kier molecular flexibility index (Phi) is 6.19. The second-order valence-corrected chi connectivity index (χ2v) is 7.75. The molecule has 2 aromatic carbocycles. The highest BCUT2D eigenvalue weighted by molar-refractivity contribution is 7.98. The zero-order valence-corrected chi connectivity index (χ0v) is 15.5. The van der Waals surface area contributed by atoms with Crippen LogP contribution in [0.2, 0.25) is 0 Å². The molecule has 0 spiro atoms. The van der Waals surface area contributed by atoms with Crippen LogP contribution in [0.25, 0.3) is 10.2 Å². The molecule has 0 bridgehead atoms. The van der Waals surface area contributed by atoms with Gasteiger partial charge in [0.1, 0.15) is 0 Å². The van der Waals surface area contributed by atoms with Crippen molar-refractivity contribution in [3.05, 3.63) is 64.2 Å². The quantitative estimate of drug-likeness (QED) is 0.339. The third-order valence-corrected chi connectivity index (χ3v) is 5.68. The van der Waals surface area contributed by atoms with Gasteiger partial charge in [-0.15, -0.1) is 0 Å². The fourth-order valence-electron chi connectivity index (χ4n) is 2.36. The molecular formula is C18H17N3O3S2. The highest BCUT2D eigenvalue weighted by Crippen LogP contribution is 2.29. The third kappa shape index (κ3) is 5.03. The van der Waals surface area contributed by atoms with E-state index in [1.54, 1.807) is 17.8 Å². The number of hydrogen-bond acceptors (Lipinski definition) is 6. The van der Waals surface area contributed by atoms with Crippen molar-refractivity contribution in [3.63, 3.8) is 0 Å². The minimum absolute atomic E-state index is 0.0227. The number of aromatic nitrogens is 1. The maximum Gasteiger partial charge on any atom is 0.270 e. The van der Waals surface area contributed by atoms with Crippen molar-refractivity contribution in [3.8, 4) is 0 Å². The van der Waals surface area contributed by atoms with Crippen LogP contribution in [-0.2, 0) is 10.5 Å². The zero-order chi connectivity index (χ0) is 18.4. The minimum Gasteiger partial charge on any atom is -0.302 e. The summed E-state index contributed by atoms with van der Waals surface area (Å²) in [6.45, 7) is 0. The van der Waals surface area contributed by atoms with Crippen molar-refractivity contribution >= 4 is 50.0 Å². The topological polar surface area (TPSA) is 85.1 Å². The smallest absolute Gasteiger partial charge is 0.270 e. The first-order valence-electron chi connectivity index (χ1n) is 8.08. The van der Waals surface area contributed by atoms with Gasteiger partial charge in [0, 0.05) is 24.3 Å². The Bertz CT molecular complexity index is 912. The van der Waals surface area contributed by atoms with Gasteiger partial charge in [0.25, 0.3) is 5.69 Å². The summed E-state index contributed by atoms with van der Waals surface area (Å²) in [6.07, 6.45) is 1.22. The largest absolute Gasteiger partial charge is 0.302 e. The molecule has 3 aromatic rings. The van der Waals surface area contributed by atoms with Gasteiger partial charge < -0.3 is 5.32 Å². The lowest BCUT2D eigenvalue weighted by atomic mass is 10.2. The van der Waals surface area contributed by atoms with Crippen LogP contribution >= 0.6 is 23.1 Å². The summed E-state index contributed by atoms with van der Waals surface area (Å²) >= 11 is 3.05. The first kappa shape index (κ1) is 18.3. The number of thiazole rings is 1. The Labute approximate surface area is 158 Å². The highest BCUT2D eigenvalue weighted by Gasteiger charge is 2.11. The molecule has 0 aliphatic carbocycles. The van der Waals surface area contributed by atoms with Crippen molar-refractivity contribution in [2.24, 2.45) is 0 Å². The molecule has 3 rings (SSSR count). The van der Waals surface area contributed by atoms with Gasteiger partial charge in [0.05, 0.1) is 15.1 Å². The standard InChI is InChI=1S/C18H17N3O3S2/c22-17(7-4-10-25-12-13-5-2-1-3-6-13)20-18-19-15-9-8-14(21(23)24)11-16(15)26-18/h1-3,5-6,8-9,11H,4,7,10,12H2,(H,19,20,22). The predicted octanol–water partition coefficient (Wildman–Crippen LogP) is 4.86. The fourth-order valence-corrected chi connectivity index (χ4v) is 4.20. The van der Waals surface area contributed by atoms with Crippen LogP contribution in [0, 0.1) is 10.1 Å². The monoisotopic (exact) mass is 387 g/mol. The number of nitro benzene ring substituents is 1. The highest BCUT2D eigenvalue weighted by atomic mass is 32.2. The van der Waals surface area contributed by atoms with Crippen LogP contribution in [0.4, 0.5) is 10.8 Å². The van der Waals surface area contributed by atoms with Gasteiger partial charge in [-0.25, -0.2) is 4.98 Å².